The molecule has 0 bridgehead atoms. The zero-order valence-corrected chi connectivity index (χ0v) is 8.63. The van der Waals surface area contributed by atoms with Crippen LogP contribution in [0.4, 0.5) is 5.69 Å². The van der Waals surface area contributed by atoms with Gasteiger partial charge in [0.15, 0.2) is 0 Å². The molecule has 0 amide bonds. The lowest BCUT2D eigenvalue weighted by atomic mass is 10.2. The van der Waals surface area contributed by atoms with Crippen LogP contribution in [0.2, 0.25) is 0 Å². The number of nitrogens with zero attached hydrogens (tertiary/aromatic N) is 1. The molecule has 0 fully saturated rings. The highest BCUT2D eigenvalue weighted by Crippen LogP contribution is 2.33. The molecule has 0 radical (unpaired) electrons. The van der Waals surface area contributed by atoms with Crippen LogP contribution in [-0.4, -0.2) is 24.2 Å². The van der Waals surface area contributed by atoms with Gasteiger partial charge in [-0.1, -0.05) is 0 Å². The number of hydrogen-bond acceptors (Lipinski definition) is 2. The average molecular weight is 190 g/mol. The fourth-order valence-corrected chi connectivity index (χ4v) is 1.77. The maximum absolute atomic E-state index is 9.73. The number of anilines is 1. The van der Waals surface area contributed by atoms with Crippen molar-refractivity contribution in [1.29, 1.82) is 0 Å². The Morgan fingerprint density at radius 3 is 2.64 bits per heavy atom. The van der Waals surface area contributed by atoms with Crippen molar-refractivity contribution >= 4 is 16.6 Å². The number of phenolic OH excluding ortho intramolecular Hbond substituents is 1. The van der Waals surface area contributed by atoms with Crippen molar-refractivity contribution in [2.45, 2.75) is 6.92 Å². The number of fused-ring (bicyclic) bond motifs is 1. The fraction of sp³-hybridized carbons (Fsp3) is 0.273. The number of benzene rings is 1. The molecule has 0 atom stereocenters. The second-order valence-electron chi connectivity index (χ2n) is 3.74. The second-order valence-corrected chi connectivity index (χ2v) is 3.74. The van der Waals surface area contributed by atoms with E-state index in [9.17, 15) is 5.11 Å². The highest BCUT2D eigenvalue weighted by molar-refractivity contribution is 5.95. The lowest BCUT2D eigenvalue weighted by Gasteiger charge is -2.15. The predicted octanol–water partition coefficient (Wildman–Crippen LogP) is 2.25. The van der Waals surface area contributed by atoms with Crippen LogP contribution in [0.15, 0.2) is 18.2 Å². The minimum Gasteiger partial charge on any atom is -0.506 e. The van der Waals surface area contributed by atoms with Gasteiger partial charge in [0, 0.05) is 25.2 Å². The maximum atomic E-state index is 9.73. The van der Waals surface area contributed by atoms with Crippen LogP contribution >= 0.6 is 0 Å². The van der Waals surface area contributed by atoms with Gasteiger partial charge in [-0.05, 0) is 25.1 Å². The van der Waals surface area contributed by atoms with Crippen molar-refractivity contribution in [3.8, 4) is 5.75 Å². The number of aromatic amines is 1. The molecule has 0 aliphatic rings. The molecule has 2 rings (SSSR count). The van der Waals surface area contributed by atoms with Crippen LogP contribution in [0, 0.1) is 6.92 Å². The molecule has 1 heterocycles. The summed E-state index contributed by atoms with van der Waals surface area (Å²) >= 11 is 0. The van der Waals surface area contributed by atoms with E-state index in [4.69, 9.17) is 0 Å². The van der Waals surface area contributed by atoms with E-state index in [1.807, 2.05) is 32.0 Å². The Hall–Kier alpha value is -1.64. The zero-order valence-electron chi connectivity index (χ0n) is 8.63. The molecule has 0 saturated heterocycles. The summed E-state index contributed by atoms with van der Waals surface area (Å²) in [5, 5.41) is 10.9. The third kappa shape index (κ3) is 1.21. The van der Waals surface area contributed by atoms with E-state index < -0.39 is 0 Å². The van der Waals surface area contributed by atoms with Crippen LogP contribution in [-0.2, 0) is 0 Å². The van der Waals surface area contributed by atoms with Crippen molar-refractivity contribution in [3.63, 3.8) is 0 Å². The lowest BCUT2D eigenvalue weighted by Crippen LogP contribution is -2.09. The number of hydrogen-bond donors (Lipinski definition) is 2. The highest BCUT2D eigenvalue weighted by Gasteiger charge is 2.10. The number of rotatable bonds is 1. The summed E-state index contributed by atoms with van der Waals surface area (Å²) in [5.74, 6) is 0.310. The van der Waals surface area contributed by atoms with E-state index in [0.29, 0.717) is 5.75 Å². The largest absolute Gasteiger partial charge is 0.506 e. The minimum atomic E-state index is 0.310. The first-order valence-electron chi connectivity index (χ1n) is 4.58. The topological polar surface area (TPSA) is 39.3 Å². The number of H-pyrrole nitrogens is 1. The van der Waals surface area contributed by atoms with Gasteiger partial charge in [-0.15, -0.1) is 0 Å². The molecule has 0 spiro atoms. The van der Waals surface area contributed by atoms with Gasteiger partial charge >= 0.3 is 0 Å². The number of aromatic nitrogens is 1. The molecule has 1 aromatic carbocycles. The molecule has 74 valence electrons. The van der Waals surface area contributed by atoms with Crippen molar-refractivity contribution < 1.29 is 5.11 Å². The first-order valence-corrected chi connectivity index (χ1v) is 4.58. The second kappa shape index (κ2) is 2.94. The monoisotopic (exact) mass is 190 g/mol. The Bertz CT molecular complexity index is 471. The van der Waals surface area contributed by atoms with Crippen LogP contribution in [0.3, 0.4) is 0 Å². The summed E-state index contributed by atoms with van der Waals surface area (Å²) in [6.45, 7) is 2.01. The van der Waals surface area contributed by atoms with E-state index in [0.717, 1.165) is 22.3 Å². The van der Waals surface area contributed by atoms with Crippen molar-refractivity contribution in [3.05, 3.63) is 23.9 Å². The van der Waals surface area contributed by atoms with Gasteiger partial charge in [0.25, 0.3) is 0 Å². The Balaban J connectivity index is 2.82. The van der Waals surface area contributed by atoms with Gasteiger partial charge in [-0.25, -0.2) is 0 Å². The average Bonchev–Trinajstić information content (AvgIpc) is 2.43. The van der Waals surface area contributed by atoms with E-state index in [2.05, 4.69) is 11.1 Å². The number of phenols is 1. The standard InChI is InChI=1S/C11H14N2O/c1-7-6-8-4-5-9(14)11(13(2)3)10(8)12-7/h4-6,12,14H,1-3H3. The molecule has 3 nitrogen and oxygen atoms in total. The van der Waals surface area contributed by atoms with Gasteiger partial charge in [-0.3, -0.25) is 0 Å². The molecule has 0 aliphatic carbocycles. The van der Waals surface area contributed by atoms with Crippen molar-refractivity contribution in [2.75, 3.05) is 19.0 Å². The van der Waals surface area contributed by atoms with Gasteiger partial charge in [0.1, 0.15) is 11.4 Å². The maximum Gasteiger partial charge on any atom is 0.141 e. The molecule has 0 unspecified atom stereocenters. The minimum absolute atomic E-state index is 0.310. The smallest absolute Gasteiger partial charge is 0.141 e. The third-order valence-corrected chi connectivity index (χ3v) is 2.33. The van der Waals surface area contributed by atoms with E-state index in [-0.39, 0.29) is 0 Å². The molecule has 1 aromatic heterocycles. The number of aryl methyl sites for hydroxylation is 1. The molecule has 0 aliphatic heterocycles. The van der Waals surface area contributed by atoms with Crippen LogP contribution < -0.4 is 4.90 Å². The van der Waals surface area contributed by atoms with Gasteiger partial charge < -0.3 is 15.0 Å². The van der Waals surface area contributed by atoms with E-state index >= 15 is 0 Å². The van der Waals surface area contributed by atoms with Gasteiger partial charge in [-0.2, -0.15) is 0 Å². The number of nitrogens with one attached hydrogen (secondary N) is 1. The van der Waals surface area contributed by atoms with Crippen LogP contribution in [0.25, 0.3) is 10.9 Å². The Kier molecular flexibility index (Phi) is 1.88. The summed E-state index contributed by atoms with van der Waals surface area (Å²) in [5.41, 5.74) is 2.94. The normalized spacial score (nSPS) is 10.8. The van der Waals surface area contributed by atoms with Gasteiger partial charge in [0.05, 0.1) is 5.52 Å². The summed E-state index contributed by atoms with van der Waals surface area (Å²) in [7, 11) is 3.84. The zero-order chi connectivity index (χ0) is 10.3. The van der Waals surface area contributed by atoms with E-state index in [1.54, 1.807) is 6.07 Å². The Morgan fingerprint density at radius 1 is 1.29 bits per heavy atom. The summed E-state index contributed by atoms with van der Waals surface area (Å²) in [4.78, 5) is 5.16. The Labute approximate surface area is 83.0 Å². The molecule has 2 aromatic rings. The van der Waals surface area contributed by atoms with Gasteiger partial charge in [0.2, 0.25) is 0 Å². The third-order valence-electron chi connectivity index (χ3n) is 2.33. The van der Waals surface area contributed by atoms with Crippen molar-refractivity contribution in [2.24, 2.45) is 0 Å². The molecule has 14 heavy (non-hydrogen) atoms. The molecular formula is C11H14N2O. The fourth-order valence-electron chi connectivity index (χ4n) is 1.77. The lowest BCUT2D eigenvalue weighted by molar-refractivity contribution is 0.476. The molecule has 3 heteroatoms. The van der Waals surface area contributed by atoms with Crippen molar-refractivity contribution in [1.82, 2.24) is 4.98 Å². The first-order chi connectivity index (χ1) is 6.59. The summed E-state index contributed by atoms with van der Waals surface area (Å²) in [6, 6.07) is 5.72. The highest BCUT2D eigenvalue weighted by atomic mass is 16.3. The van der Waals surface area contributed by atoms with Crippen LogP contribution in [0.1, 0.15) is 5.69 Å². The molecular weight excluding hydrogens is 176 g/mol. The quantitative estimate of drug-likeness (QED) is 0.724. The first kappa shape index (κ1) is 8.94. The Morgan fingerprint density at radius 2 is 2.00 bits per heavy atom. The SMILES string of the molecule is Cc1cc2ccc(O)c(N(C)C)c2[nH]1. The number of aromatic hydroxyl groups is 1. The summed E-state index contributed by atoms with van der Waals surface area (Å²) < 4.78 is 0. The molecule has 0 saturated carbocycles. The summed E-state index contributed by atoms with van der Waals surface area (Å²) in [6.07, 6.45) is 0. The van der Waals surface area contributed by atoms with E-state index in [1.165, 1.54) is 0 Å². The predicted molar refractivity (Wildman–Crippen MR) is 59.0 cm³/mol. The molecule has 2 N–H and O–H groups in total. The van der Waals surface area contributed by atoms with Crippen LogP contribution in [0.5, 0.6) is 5.75 Å².